The Morgan fingerprint density at radius 2 is 0.923 bits per heavy atom. The third-order valence-corrected chi connectivity index (χ3v) is 8.91. The Labute approximate surface area is 229 Å². The molecule has 0 nitrogen and oxygen atoms in total. The minimum absolute atomic E-state index is 0.213. The van der Waals surface area contributed by atoms with Crippen molar-refractivity contribution in [2.75, 3.05) is 0 Å². The molecular weight excluding hydrogens is 550 g/mol. The van der Waals surface area contributed by atoms with E-state index in [-0.39, 0.29) is 20.9 Å². The summed E-state index contributed by atoms with van der Waals surface area (Å²) in [6.45, 7) is 2.90. The highest BCUT2D eigenvalue weighted by Gasteiger charge is 2.80. The fourth-order valence-electron chi connectivity index (χ4n) is 4.64. The molecule has 0 spiro atoms. The van der Waals surface area contributed by atoms with Crippen molar-refractivity contribution in [2.24, 2.45) is 0 Å². The first-order valence-corrected chi connectivity index (χ1v) is 13.2. The number of benzene rings is 2. The Morgan fingerprint density at radius 1 is 0.590 bits per heavy atom. The second kappa shape index (κ2) is 9.19. The molecule has 1 aliphatic carbocycles. The van der Waals surface area contributed by atoms with Gasteiger partial charge in [-0.1, -0.05) is 36.1 Å². The number of aryl methyl sites for hydroxylation is 2. The lowest BCUT2D eigenvalue weighted by atomic mass is 9.94. The van der Waals surface area contributed by atoms with Gasteiger partial charge in [0.25, 0.3) is 0 Å². The molecule has 39 heavy (non-hydrogen) atoms. The minimum atomic E-state index is -5.63. The molecule has 0 atom stereocenters. The second-order valence-corrected chi connectivity index (χ2v) is 11.6. The smallest absolute Gasteiger partial charge is 0.194 e. The van der Waals surface area contributed by atoms with Crippen LogP contribution in [0.5, 0.6) is 0 Å². The molecule has 0 fully saturated rings. The largest absolute Gasteiger partial charge is 0.380 e. The number of alkyl halides is 6. The summed E-state index contributed by atoms with van der Waals surface area (Å²) >= 11 is 2.11. The number of allylic oxidation sites excluding steroid dienone is 2. The summed E-state index contributed by atoms with van der Waals surface area (Å²) in [6.07, 6.45) is 10.8. The standard InChI is InChI=1S/C31H18F6S2/c1-5-19-7-11-21(12-8-19)25-15-23(17(3)38-25)27-28(30(34,35)31(36,37)29(27,32)33)24-16-26(39-18(24)4)22-13-9-20(6-2)10-14-22/h1-2,7-16H,3-4H3. The van der Waals surface area contributed by atoms with Gasteiger partial charge in [-0.3, -0.25) is 0 Å². The summed E-state index contributed by atoms with van der Waals surface area (Å²) in [5, 5.41) is 0. The summed E-state index contributed by atoms with van der Waals surface area (Å²) in [6, 6.07) is 15.8. The SMILES string of the molecule is C#Cc1ccc(-c2cc(C3=C(c4cc(-c5ccc(C#C)cc5)sc4C)C(F)(F)C(F)(F)C3(F)F)c(C)s2)cc1. The lowest BCUT2D eigenvalue weighted by Crippen LogP contribution is -2.48. The summed E-state index contributed by atoms with van der Waals surface area (Å²) in [5.74, 6) is -10.9. The number of hydrogen-bond acceptors (Lipinski definition) is 2. The van der Waals surface area contributed by atoms with E-state index in [4.69, 9.17) is 12.8 Å². The molecule has 196 valence electrons. The van der Waals surface area contributed by atoms with Crippen LogP contribution in [0.1, 0.15) is 32.0 Å². The topological polar surface area (TPSA) is 0 Å². The van der Waals surface area contributed by atoms with Crippen molar-refractivity contribution in [2.45, 2.75) is 31.6 Å². The number of terminal acetylenes is 2. The third kappa shape index (κ3) is 4.02. The molecule has 4 aromatic rings. The van der Waals surface area contributed by atoms with Crippen LogP contribution in [0, 0.1) is 38.5 Å². The molecule has 0 bridgehead atoms. The molecule has 2 aromatic heterocycles. The lowest BCUT2D eigenvalue weighted by molar-refractivity contribution is -0.254. The van der Waals surface area contributed by atoms with Crippen LogP contribution in [0.4, 0.5) is 26.3 Å². The van der Waals surface area contributed by atoms with E-state index in [0.717, 1.165) is 22.7 Å². The van der Waals surface area contributed by atoms with Gasteiger partial charge >= 0.3 is 17.8 Å². The monoisotopic (exact) mass is 568 g/mol. The molecule has 0 amide bonds. The molecule has 5 rings (SSSR count). The first-order chi connectivity index (χ1) is 18.3. The first-order valence-electron chi connectivity index (χ1n) is 11.6. The van der Waals surface area contributed by atoms with Gasteiger partial charge in [0.1, 0.15) is 0 Å². The summed E-state index contributed by atoms with van der Waals surface area (Å²) in [4.78, 5) is 1.35. The van der Waals surface area contributed by atoms with Crippen LogP contribution in [0.25, 0.3) is 32.0 Å². The van der Waals surface area contributed by atoms with Crippen LogP contribution in [0.2, 0.25) is 0 Å². The first kappa shape index (κ1) is 26.9. The average Bonchev–Trinajstić information content (AvgIpc) is 3.51. The van der Waals surface area contributed by atoms with Crippen molar-refractivity contribution < 1.29 is 26.3 Å². The van der Waals surface area contributed by atoms with E-state index in [1.54, 1.807) is 48.5 Å². The van der Waals surface area contributed by atoms with Gasteiger partial charge in [-0.15, -0.1) is 35.5 Å². The van der Waals surface area contributed by atoms with Gasteiger partial charge < -0.3 is 0 Å². The second-order valence-electron chi connectivity index (χ2n) is 9.08. The zero-order chi connectivity index (χ0) is 28.3. The summed E-state index contributed by atoms with van der Waals surface area (Å²) in [7, 11) is 0. The van der Waals surface area contributed by atoms with E-state index in [0.29, 0.717) is 32.0 Å². The Morgan fingerprint density at radius 3 is 1.23 bits per heavy atom. The molecular formula is C31H18F6S2. The van der Waals surface area contributed by atoms with Gasteiger partial charge in [-0.2, -0.15) is 26.3 Å². The number of hydrogen-bond donors (Lipinski definition) is 0. The Balaban J connectivity index is 1.73. The van der Waals surface area contributed by atoms with Crippen molar-refractivity contribution in [1.82, 2.24) is 0 Å². The van der Waals surface area contributed by atoms with E-state index < -0.39 is 28.9 Å². The maximum atomic E-state index is 15.4. The van der Waals surface area contributed by atoms with Crippen molar-refractivity contribution in [1.29, 1.82) is 0 Å². The molecule has 2 heterocycles. The molecule has 0 saturated heterocycles. The van der Waals surface area contributed by atoms with E-state index in [1.807, 2.05) is 0 Å². The fraction of sp³-hybridized carbons (Fsp3) is 0.161. The maximum Gasteiger partial charge on any atom is 0.380 e. The van der Waals surface area contributed by atoms with Gasteiger partial charge in [0.05, 0.1) is 0 Å². The quantitative estimate of drug-likeness (QED) is 0.170. The molecule has 8 heteroatoms. The van der Waals surface area contributed by atoms with Crippen LogP contribution in [-0.2, 0) is 0 Å². The van der Waals surface area contributed by atoms with E-state index in [9.17, 15) is 8.78 Å². The highest BCUT2D eigenvalue weighted by Crippen LogP contribution is 2.66. The fourth-order valence-corrected chi connectivity index (χ4v) is 6.70. The average molecular weight is 569 g/mol. The van der Waals surface area contributed by atoms with Gasteiger partial charge in [-0.05, 0) is 72.5 Å². The van der Waals surface area contributed by atoms with Crippen LogP contribution in [0.15, 0.2) is 60.7 Å². The lowest BCUT2D eigenvalue weighted by Gasteiger charge is -2.25. The number of thiophene rings is 2. The molecule has 1 aliphatic rings. The predicted octanol–water partition coefficient (Wildman–Crippen LogP) is 9.55. The Kier molecular flexibility index (Phi) is 6.33. The zero-order valence-electron chi connectivity index (χ0n) is 20.5. The van der Waals surface area contributed by atoms with Crippen LogP contribution < -0.4 is 0 Å². The van der Waals surface area contributed by atoms with Gasteiger partial charge in [0.2, 0.25) is 0 Å². The normalized spacial score (nSPS) is 17.2. The predicted molar refractivity (Wildman–Crippen MR) is 147 cm³/mol. The zero-order valence-corrected chi connectivity index (χ0v) is 22.1. The number of halogens is 6. The van der Waals surface area contributed by atoms with Gasteiger partial charge in [0.15, 0.2) is 0 Å². The van der Waals surface area contributed by atoms with Crippen molar-refractivity contribution in [3.63, 3.8) is 0 Å². The van der Waals surface area contributed by atoms with E-state index >= 15 is 17.6 Å². The molecule has 0 saturated carbocycles. The van der Waals surface area contributed by atoms with Crippen LogP contribution in [-0.4, -0.2) is 17.8 Å². The van der Waals surface area contributed by atoms with Crippen molar-refractivity contribution in [3.05, 3.63) is 92.7 Å². The minimum Gasteiger partial charge on any atom is -0.194 e. The summed E-state index contributed by atoms with van der Waals surface area (Å²) < 4.78 is 91.5. The number of rotatable bonds is 4. The summed E-state index contributed by atoms with van der Waals surface area (Å²) in [5.41, 5.74) is -0.995. The third-order valence-electron chi connectivity index (χ3n) is 6.71. The molecule has 2 aromatic carbocycles. The van der Waals surface area contributed by atoms with Crippen molar-refractivity contribution >= 4 is 33.8 Å². The maximum absolute atomic E-state index is 15.4. The molecule has 0 unspecified atom stereocenters. The van der Waals surface area contributed by atoms with Crippen LogP contribution in [0.3, 0.4) is 0 Å². The van der Waals surface area contributed by atoms with E-state index in [2.05, 4.69) is 11.8 Å². The van der Waals surface area contributed by atoms with Gasteiger partial charge in [0, 0.05) is 41.8 Å². The Hall–Kier alpha value is -3.72. The van der Waals surface area contributed by atoms with Gasteiger partial charge in [-0.25, -0.2) is 0 Å². The van der Waals surface area contributed by atoms with Crippen molar-refractivity contribution in [3.8, 4) is 45.6 Å². The highest BCUT2D eigenvalue weighted by molar-refractivity contribution is 7.16. The molecule has 0 radical (unpaired) electrons. The molecule has 0 aliphatic heterocycles. The Bertz CT molecular complexity index is 1580. The molecule has 0 N–H and O–H groups in total. The van der Waals surface area contributed by atoms with E-state index in [1.165, 1.54) is 26.0 Å². The highest BCUT2D eigenvalue weighted by atomic mass is 32.1. The van der Waals surface area contributed by atoms with Crippen LogP contribution >= 0.6 is 22.7 Å².